The van der Waals surface area contributed by atoms with Crippen molar-refractivity contribution in [2.24, 2.45) is 0 Å². The van der Waals surface area contributed by atoms with Gasteiger partial charge < -0.3 is 9.13 Å². The number of aromatic nitrogens is 9. The SMILES string of the molecule is c1ccc(-c2ccc3c(c2)c2ccccc2n3-c2ccc(-c3nc(-c4ccccc4)nc(-c4ccccc4)n3)c(-n3c4ccc(-c5ccccc5)cc4c4cc(-c5cc(-c6ccccc6)nc(-c6ccccc6)c5)ccc43)c2-c2nc(-c3ccccc3)nc(-c3ccccc3)n2)cc1. The zero-order valence-electron chi connectivity index (χ0n) is 52.9. The molecule has 18 rings (SSSR count). The van der Waals surface area contributed by atoms with Gasteiger partial charge in [0.15, 0.2) is 34.9 Å². The predicted molar refractivity (Wildman–Crippen MR) is 399 cm³/mol. The number of pyridine rings is 1. The first-order valence-electron chi connectivity index (χ1n) is 32.9. The van der Waals surface area contributed by atoms with E-state index in [1.54, 1.807) is 0 Å². The summed E-state index contributed by atoms with van der Waals surface area (Å²) in [5, 5.41) is 4.26. The second kappa shape index (κ2) is 24.5. The molecule has 9 heteroatoms. The molecular weight excluding hydrogens is 1200 g/mol. The largest absolute Gasteiger partial charge is 0.308 e. The van der Waals surface area contributed by atoms with E-state index in [1.165, 1.54) is 0 Å². The summed E-state index contributed by atoms with van der Waals surface area (Å²) in [4.78, 5) is 38.6. The standard InChI is InChI=1S/C89H57N9/c1-9-27-58(28-10-1)66-45-49-78-72(53-66)70-43-25-26-44-77(70)97(78)81-52-48-71(88-93-84(62-35-17-5-18-36-62)91-85(94-88)63-37-19-6-20-38-63)83(82(81)89-95-86(64-39-21-7-22-40-64)92-87(96-89)65-41-23-8-24-42-65)98-79-50-46-67(59-29-11-2-12-30-59)54-73(79)74-55-68(47-51-80(74)98)69-56-75(60-31-13-3-14-32-60)90-76(57-69)61-33-15-4-16-34-61/h1-57H. The van der Waals surface area contributed by atoms with Crippen LogP contribution in [-0.2, 0) is 0 Å². The second-order valence-electron chi connectivity index (χ2n) is 24.4. The maximum atomic E-state index is 5.75. The molecule has 18 aromatic rings. The van der Waals surface area contributed by atoms with Gasteiger partial charge in [-0.25, -0.2) is 34.9 Å². The van der Waals surface area contributed by atoms with E-state index in [9.17, 15) is 0 Å². The van der Waals surface area contributed by atoms with Crippen LogP contribution < -0.4 is 0 Å². The van der Waals surface area contributed by atoms with Crippen molar-refractivity contribution >= 4 is 43.6 Å². The Morgan fingerprint density at radius 1 is 0.184 bits per heavy atom. The molecule has 0 saturated heterocycles. The molecule has 0 spiro atoms. The Morgan fingerprint density at radius 3 is 0.918 bits per heavy atom. The van der Waals surface area contributed by atoms with Crippen molar-refractivity contribution in [2.45, 2.75) is 0 Å². The highest BCUT2D eigenvalue weighted by Crippen LogP contribution is 2.48. The number of fused-ring (bicyclic) bond motifs is 6. The zero-order chi connectivity index (χ0) is 64.9. The molecule has 5 aromatic heterocycles. The van der Waals surface area contributed by atoms with Crippen molar-refractivity contribution in [2.75, 3.05) is 0 Å². The summed E-state index contributed by atoms with van der Waals surface area (Å²) in [6.45, 7) is 0. The Morgan fingerprint density at radius 2 is 0.500 bits per heavy atom. The predicted octanol–water partition coefficient (Wildman–Crippen LogP) is 22.0. The van der Waals surface area contributed by atoms with Crippen LogP contribution in [0.2, 0.25) is 0 Å². The monoisotopic (exact) mass is 1250 g/mol. The van der Waals surface area contributed by atoms with E-state index >= 15 is 0 Å². The molecule has 458 valence electrons. The highest BCUT2D eigenvalue weighted by molar-refractivity contribution is 6.15. The molecule has 0 unspecified atom stereocenters. The minimum atomic E-state index is 0.447. The van der Waals surface area contributed by atoms with Crippen LogP contribution in [0.4, 0.5) is 0 Å². The van der Waals surface area contributed by atoms with Gasteiger partial charge in [0.25, 0.3) is 0 Å². The van der Waals surface area contributed by atoms with Gasteiger partial charge in [-0.15, -0.1) is 0 Å². The zero-order valence-corrected chi connectivity index (χ0v) is 52.9. The molecule has 9 nitrogen and oxygen atoms in total. The van der Waals surface area contributed by atoms with Crippen molar-refractivity contribution in [1.82, 2.24) is 44.0 Å². The molecule has 0 aliphatic carbocycles. The number of rotatable bonds is 13. The average molecular weight is 1250 g/mol. The molecule has 13 aromatic carbocycles. The number of hydrogen-bond donors (Lipinski definition) is 0. The fraction of sp³-hybridized carbons (Fsp3) is 0. The van der Waals surface area contributed by atoms with Crippen molar-refractivity contribution in [1.29, 1.82) is 0 Å². The van der Waals surface area contributed by atoms with E-state index in [0.29, 0.717) is 34.9 Å². The number of hydrogen-bond acceptors (Lipinski definition) is 7. The van der Waals surface area contributed by atoms with Crippen LogP contribution in [0.5, 0.6) is 0 Å². The molecule has 0 fully saturated rings. The van der Waals surface area contributed by atoms with Gasteiger partial charge in [0.2, 0.25) is 0 Å². The molecular formula is C89H57N9. The van der Waals surface area contributed by atoms with Crippen LogP contribution in [0.3, 0.4) is 0 Å². The van der Waals surface area contributed by atoms with Crippen LogP contribution in [0.15, 0.2) is 346 Å². The fourth-order valence-corrected chi connectivity index (χ4v) is 13.8. The van der Waals surface area contributed by atoms with E-state index < -0.39 is 0 Å². The molecule has 0 N–H and O–H groups in total. The number of para-hydroxylation sites is 1. The summed E-state index contributed by atoms with van der Waals surface area (Å²) in [6.07, 6.45) is 0. The third-order valence-electron chi connectivity index (χ3n) is 18.4. The highest BCUT2D eigenvalue weighted by atomic mass is 15.1. The average Bonchev–Trinajstić information content (AvgIpc) is 1.50. The van der Waals surface area contributed by atoms with E-state index in [4.69, 9.17) is 34.9 Å². The summed E-state index contributed by atoms with van der Waals surface area (Å²) in [6, 6.07) is 121. The van der Waals surface area contributed by atoms with E-state index in [0.717, 1.165) is 144 Å². The fourth-order valence-electron chi connectivity index (χ4n) is 13.8. The van der Waals surface area contributed by atoms with Crippen LogP contribution in [0, 0.1) is 0 Å². The normalized spacial score (nSPS) is 11.5. The Bertz CT molecular complexity index is 5830. The van der Waals surface area contributed by atoms with E-state index in [2.05, 4.69) is 270 Å². The third-order valence-corrected chi connectivity index (χ3v) is 18.4. The van der Waals surface area contributed by atoms with Gasteiger partial charge in [0.1, 0.15) is 0 Å². The maximum absolute atomic E-state index is 5.75. The number of benzene rings is 13. The van der Waals surface area contributed by atoms with E-state index in [1.807, 2.05) is 84.9 Å². The topological polar surface area (TPSA) is 100 Å². The third kappa shape index (κ3) is 10.4. The van der Waals surface area contributed by atoms with Crippen molar-refractivity contribution in [3.63, 3.8) is 0 Å². The van der Waals surface area contributed by atoms with Gasteiger partial charge in [-0.3, -0.25) is 0 Å². The molecule has 0 bridgehead atoms. The lowest BCUT2D eigenvalue weighted by atomic mass is 9.98. The molecule has 98 heavy (non-hydrogen) atoms. The Hall–Kier alpha value is -13.4. The van der Waals surface area contributed by atoms with Gasteiger partial charge in [-0.2, -0.15) is 0 Å². The summed E-state index contributed by atoms with van der Waals surface area (Å²) >= 11 is 0. The summed E-state index contributed by atoms with van der Waals surface area (Å²) in [7, 11) is 0. The Balaban J connectivity index is 1.01. The summed E-state index contributed by atoms with van der Waals surface area (Å²) in [5.41, 5.74) is 20.6. The minimum absolute atomic E-state index is 0.447. The second-order valence-corrected chi connectivity index (χ2v) is 24.4. The van der Waals surface area contributed by atoms with Crippen molar-refractivity contribution in [3.8, 4) is 136 Å². The molecule has 0 radical (unpaired) electrons. The van der Waals surface area contributed by atoms with Gasteiger partial charge >= 0.3 is 0 Å². The molecule has 5 heterocycles. The van der Waals surface area contributed by atoms with Crippen LogP contribution in [0.25, 0.3) is 179 Å². The quantitative estimate of drug-likeness (QED) is 0.113. The van der Waals surface area contributed by atoms with Gasteiger partial charge in [0.05, 0.1) is 50.4 Å². The Labute approximate surface area is 565 Å². The summed E-state index contributed by atoms with van der Waals surface area (Å²) in [5.74, 6) is 3.01. The Kier molecular flexibility index (Phi) is 14.3. The molecule has 0 atom stereocenters. The lowest BCUT2D eigenvalue weighted by Gasteiger charge is -2.23. The number of nitrogens with zero attached hydrogens (tertiary/aromatic N) is 9. The minimum Gasteiger partial charge on any atom is -0.308 e. The van der Waals surface area contributed by atoms with Gasteiger partial charge in [0, 0.05) is 60.5 Å². The lowest BCUT2D eigenvalue weighted by molar-refractivity contribution is 1.04. The first kappa shape index (κ1) is 57.3. The van der Waals surface area contributed by atoms with Crippen LogP contribution >= 0.6 is 0 Å². The maximum Gasteiger partial charge on any atom is 0.168 e. The van der Waals surface area contributed by atoms with E-state index in [-0.39, 0.29) is 0 Å². The molecule has 0 amide bonds. The van der Waals surface area contributed by atoms with Gasteiger partial charge in [-0.05, 0) is 100 Å². The first-order chi connectivity index (χ1) is 48.6. The van der Waals surface area contributed by atoms with Gasteiger partial charge in [-0.1, -0.05) is 279 Å². The lowest BCUT2D eigenvalue weighted by Crippen LogP contribution is -2.10. The van der Waals surface area contributed by atoms with Crippen LogP contribution in [0.1, 0.15) is 0 Å². The van der Waals surface area contributed by atoms with Crippen molar-refractivity contribution in [3.05, 3.63) is 346 Å². The van der Waals surface area contributed by atoms with Crippen molar-refractivity contribution < 1.29 is 0 Å². The first-order valence-corrected chi connectivity index (χ1v) is 32.9. The molecule has 0 aliphatic heterocycles. The highest BCUT2D eigenvalue weighted by Gasteiger charge is 2.30. The molecule has 0 aliphatic rings. The summed E-state index contributed by atoms with van der Waals surface area (Å²) < 4.78 is 4.81. The smallest absolute Gasteiger partial charge is 0.168 e. The molecule has 0 saturated carbocycles. The van der Waals surface area contributed by atoms with Crippen LogP contribution in [-0.4, -0.2) is 44.0 Å².